The van der Waals surface area contributed by atoms with Gasteiger partial charge in [-0.3, -0.25) is 0 Å². The minimum absolute atomic E-state index is 0.180. The highest BCUT2D eigenvalue weighted by atomic mass is 32.1. The van der Waals surface area contributed by atoms with Crippen LogP contribution in [0.4, 0.5) is 4.39 Å². The van der Waals surface area contributed by atoms with Gasteiger partial charge in [0.15, 0.2) is 0 Å². The summed E-state index contributed by atoms with van der Waals surface area (Å²) in [7, 11) is 0. The van der Waals surface area contributed by atoms with Crippen LogP contribution in [0, 0.1) is 0 Å². The lowest BCUT2D eigenvalue weighted by molar-refractivity contribution is 0.769. The first kappa shape index (κ1) is 11.2. The third-order valence-electron chi connectivity index (χ3n) is 2.82. The Balaban J connectivity index is 2.02. The monoisotopic (exact) mass is 254 g/mol. The summed E-state index contributed by atoms with van der Waals surface area (Å²) in [6.45, 7) is 0. The van der Waals surface area contributed by atoms with E-state index in [2.05, 4.69) is 6.07 Å². The van der Waals surface area contributed by atoms with E-state index < -0.39 is 0 Å². The van der Waals surface area contributed by atoms with Crippen molar-refractivity contribution >= 4 is 34.0 Å². The lowest BCUT2D eigenvalue weighted by Gasteiger charge is -1.99. The van der Waals surface area contributed by atoms with Gasteiger partial charge in [-0.1, -0.05) is 42.5 Å². The molecule has 0 amide bonds. The van der Waals surface area contributed by atoms with Crippen molar-refractivity contribution in [1.29, 1.82) is 0 Å². The second-order valence-electron chi connectivity index (χ2n) is 4.08. The van der Waals surface area contributed by atoms with Crippen molar-refractivity contribution < 1.29 is 4.39 Å². The van der Waals surface area contributed by atoms with Crippen LogP contribution in [0.1, 0.15) is 10.4 Å². The van der Waals surface area contributed by atoms with Gasteiger partial charge in [0.25, 0.3) is 0 Å². The van der Waals surface area contributed by atoms with Gasteiger partial charge in [0, 0.05) is 0 Å². The molecule has 0 aliphatic rings. The van der Waals surface area contributed by atoms with Gasteiger partial charge in [0.05, 0.1) is 4.88 Å². The first-order valence-electron chi connectivity index (χ1n) is 5.73. The molecule has 3 rings (SSSR count). The molecule has 0 saturated heterocycles. The number of hydrogen-bond acceptors (Lipinski definition) is 1. The molecule has 1 aromatic heterocycles. The minimum Gasteiger partial charge on any atom is -0.205 e. The molecule has 1 heterocycles. The van der Waals surface area contributed by atoms with Crippen molar-refractivity contribution in [2.75, 3.05) is 0 Å². The van der Waals surface area contributed by atoms with Crippen molar-refractivity contribution in [2.24, 2.45) is 0 Å². The topological polar surface area (TPSA) is 0 Å². The maximum Gasteiger partial charge on any atom is 0.140 e. The normalized spacial score (nSPS) is 11.9. The standard InChI is InChI=1S/C16H11FS/c17-15(16-6-3-9-18-16)11-12-7-8-13-4-1-2-5-14(13)10-12/h1-11H/b15-11+. The van der Waals surface area contributed by atoms with E-state index in [1.54, 1.807) is 12.1 Å². The van der Waals surface area contributed by atoms with Crippen LogP contribution in [-0.4, -0.2) is 0 Å². The zero-order chi connectivity index (χ0) is 12.4. The number of fused-ring (bicyclic) bond motifs is 1. The number of rotatable bonds is 2. The van der Waals surface area contributed by atoms with Crippen LogP contribution in [-0.2, 0) is 0 Å². The first-order chi connectivity index (χ1) is 8.83. The second kappa shape index (κ2) is 4.75. The van der Waals surface area contributed by atoms with E-state index >= 15 is 0 Å². The molecule has 0 bridgehead atoms. The Morgan fingerprint density at radius 1 is 0.944 bits per heavy atom. The summed E-state index contributed by atoms with van der Waals surface area (Å²) in [5.74, 6) is -0.180. The molecule has 0 saturated carbocycles. The van der Waals surface area contributed by atoms with Gasteiger partial charge < -0.3 is 0 Å². The van der Waals surface area contributed by atoms with Crippen LogP contribution in [0.5, 0.6) is 0 Å². The summed E-state index contributed by atoms with van der Waals surface area (Å²) in [4.78, 5) is 0.670. The smallest absolute Gasteiger partial charge is 0.140 e. The van der Waals surface area contributed by atoms with Gasteiger partial charge in [-0.15, -0.1) is 11.3 Å². The van der Waals surface area contributed by atoms with E-state index in [0.29, 0.717) is 4.88 Å². The van der Waals surface area contributed by atoms with Gasteiger partial charge >= 0.3 is 0 Å². The first-order valence-corrected chi connectivity index (χ1v) is 6.61. The highest BCUT2D eigenvalue weighted by Crippen LogP contribution is 2.25. The lowest BCUT2D eigenvalue weighted by atomic mass is 10.1. The van der Waals surface area contributed by atoms with Crippen molar-refractivity contribution in [1.82, 2.24) is 0 Å². The zero-order valence-corrected chi connectivity index (χ0v) is 10.5. The highest BCUT2D eigenvalue weighted by molar-refractivity contribution is 7.11. The summed E-state index contributed by atoms with van der Waals surface area (Å²) in [6.07, 6.45) is 1.58. The summed E-state index contributed by atoms with van der Waals surface area (Å²) in [5.41, 5.74) is 0.889. The summed E-state index contributed by atoms with van der Waals surface area (Å²) < 4.78 is 13.9. The minimum atomic E-state index is -0.180. The van der Waals surface area contributed by atoms with Crippen LogP contribution in [0.2, 0.25) is 0 Å². The highest BCUT2D eigenvalue weighted by Gasteiger charge is 2.01. The van der Waals surface area contributed by atoms with E-state index in [4.69, 9.17) is 0 Å². The molecule has 0 unspecified atom stereocenters. The molecule has 0 nitrogen and oxygen atoms in total. The van der Waals surface area contributed by atoms with E-state index in [1.807, 2.05) is 47.8 Å². The quantitative estimate of drug-likeness (QED) is 0.576. The predicted molar refractivity (Wildman–Crippen MR) is 77.2 cm³/mol. The maximum atomic E-state index is 13.9. The molecule has 0 aliphatic heterocycles. The van der Waals surface area contributed by atoms with Crippen LogP contribution in [0.25, 0.3) is 22.7 Å². The molecule has 0 spiro atoms. The molecule has 0 aliphatic carbocycles. The third-order valence-corrected chi connectivity index (χ3v) is 3.70. The molecule has 3 aromatic rings. The van der Waals surface area contributed by atoms with Gasteiger partial charge in [-0.2, -0.15) is 0 Å². The average Bonchev–Trinajstić information content (AvgIpc) is 2.92. The number of benzene rings is 2. The molecule has 2 aromatic carbocycles. The number of thiophene rings is 1. The van der Waals surface area contributed by atoms with Crippen LogP contribution in [0.15, 0.2) is 60.0 Å². The Labute approximate surface area is 109 Å². The Morgan fingerprint density at radius 2 is 1.78 bits per heavy atom. The van der Waals surface area contributed by atoms with Crippen LogP contribution in [0.3, 0.4) is 0 Å². The Kier molecular flexibility index (Phi) is 2.95. The Morgan fingerprint density at radius 3 is 2.56 bits per heavy atom. The zero-order valence-electron chi connectivity index (χ0n) is 9.64. The van der Waals surface area contributed by atoms with Gasteiger partial charge in [0.2, 0.25) is 0 Å². The second-order valence-corrected chi connectivity index (χ2v) is 5.02. The lowest BCUT2D eigenvalue weighted by Crippen LogP contribution is -1.76. The van der Waals surface area contributed by atoms with Crippen molar-refractivity contribution in [3.8, 4) is 0 Å². The number of halogens is 1. The fourth-order valence-electron chi connectivity index (χ4n) is 1.93. The van der Waals surface area contributed by atoms with E-state index in [0.717, 1.165) is 10.9 Å². The fraction of sp³-hybridized carbons (Fsp3) is 0. The molecule has 88 valence electrons. The van der Waals surface area contributed by atoms with Crippen molar-refractivity contribution in [3.63, 3.8) is 0 Å². The average molecular weight is 254 g/mol. The molecular weight excluding hydrogens is 243 g/mol. The van der Waals surface area contributed by atoms with Crippen molar-refractivity contribution in [3.05, 3.63) is 70.4 Å². The third kappa shape index (κ3) is 2.20. The molecule has 18 heavy (non-hydrogen) atoms. The fourth-order valence-corrected chi connectivity index (χ4v) is 2.56. The number of hydrogen-bond donors (Lipinski definition) is 0. The van der Waals surface area contributed by atoms with Gasteiger partial charge in [-0.25, -0.2) is 4.39 Å². The van der Waals surface area contributed by atoms with Crippen LogP contribution < -0.4 is 0 Å². The molecule has 0 N–H and O–H groups in total. The van der Waals surface area contributed by atoms with E-state index in [-0.39, 0.29) is 5.83 Å². The van der Waals surface area contributed by atoms with Gasteiger partial charge in [0.1, 0.15) is 5.83 Å². The SMILES string of the molecule is F/C(=C/c1ccc2ccccc2c1)c1cccs1. The van der Waals surface area contributed by atoms with E-state index in [9.17, 15) is 4.39 Å². The Hall–Kier alpha value is -1.93. The maximum absolute atomic E-state index is 13.9. The summed E-state index contributed by atoms with van der Waals surface area (Å²) >= 11 is 1.41. The van der Waals surface area contributed by atoms with Gasteiger partial charge in [-0.05, 0) is 39.9 Å². The molecule has 2 heteroatoms. The predicted octanol–water partition coefficient (Wildman–Crippen LogP) is 5.37. The largest absolute Gasteiger partial charge is 0.205 e. The van der Waals surface area contributed by atoms with Crippen molar-refractivity contribution in [2.45, 2.75) is 0 Å². The molecular formula is C16H11FS. The van der Waals surface area contributed by atoms with E-state index in [1.165, 1.54) is 16.7 Å². The van der Waals surface area contributed by atoms with Crippen LogP contribution >= 0.6 is 11.3 Å². The molecule has 0 fully saturated rings. The molecule has 0 atom stereocenters. The summed E-state index contributed by atoms with van der Waals surface area (Å²) in [6, 6.07) is 17.7. The molecule has 0 radical (unpaired) electrons. The summed E-state index contributed by atoms with van der Waals surface area (Å²) in [5, 5.41) is 4.18. The Bertz CT molecular complexity index is 696.